The lowest BCUT2D eigenvalue weighted by Crippen LogP contribution is -2.15. The Morgan fingerprint density at radius 3 is 0.920 bits per heavy atom. The van der Waals surface area contributed by atoms with Crippen molar-refractivity contribution in [3.05, 3.63) is 117 Å². The molecule has 10 nitrogen and oxygen atoms in total. The molecule has 0 spiro atoms. The minimum Gasteiger partial charge on any atom is -0.491 e. The number of fused-ring (bicyclic) bond motifs is 2. The second-order valence-corrected chi connectivity index (χ2v) is 12.0. The lowest BCUT2D eigenvalue weighted by molar-refractivity contribution is -0.00706. The lowest BCUT2D eigenvalue weighted by Gasteiger charge is -2.22. The molecule has 0 saturated heterocycles. The van der Waals surface area contributed by atoms with E-state index in [1.807, 2.05) is 48.5 Å². The monoisotopic (exact) mass is 686 g/mol. The fourth-order valence-electron chi connectivity index (χ4n) is 6.52. The maximum absolute atomic E-state index is 10.0. The van der Waals surface area contributed by atoms with Crippen molar-refractivity contribution >= 4 is 0 Å². The molecule has 0 amide bonds. The first-order valence-electron chi connectivity index (χ1n) is 17.2. The van der Waals surface area contributed by atoms with Gasteiger partial charge in [-0.3, -0.25) is 0 Å². The van der Waals surface area contributed by atoms with E-state index in [1.165, 1.54) is 0 Å². The van der Waals surface area contributed by atoms with Gasteiger partial charge >= 0.3 is 0 Å². The molecule has 2 aliphatic rings. The highest BCUT2D eigenvalue weighted by molar-refractivity contribution is 5.55. The normalized spacial score (nSPS) is 16.4. The first-order valence-corrected chi connectivity index (χ1v) is 17.2. The number of hydrogen-bond donors (Lipinski definition) is 2. The molecule has 1 aliphatic heterocycles. The molecule has 4 aromatic rings. The fourth-order valence-corrected chi connectivity index (χ4v) is 6.52. The summed E-state index contributed by atoms with van der Waals surface area (Å²) in [6, 6.07) is 24.4. The summed E-state index contributed by atoms with van der Waals surface area (Å²) in [6.45, 7) is 3.27. The van der Waals surface area contributed by atoms with Crippen LogP contribution in [0.4, 0.5) is 0 Å². The molecule has 0 atom stereocenters. The molecule has 10 bridgehead atoms. The third-order valence-electron chi connectivity index (χ3n) is 8.72. The van der Waals surface area contributed by atoms with E-state index in [9.17, 15) is 10.2 Å². The Bertz CT molecular complexity index is 1460. The van der Waals surface area contributed by atoms with Crippen LogP contribution in [0.3, 0.4) is 0 Å². The van der Waals surface area contributed by atoms with Crippen molar-refractivity contribution < 1.29 is 48.1 Å². The van der Waals surface area contributed by atoms with Crippen LogP contribution in [0, 0.1) is 0 Å². The molecule has 50 heavy (non-hydrogen) atoms. The van der Waals surface area contributed by atoms with Crippen LogP contribution in [0.1, 0.15) is 44.5 Å². The van der Waals surface area contributed by atoms with E-state index in [0.29, 0.717) is 103 Å². The van der Waals surface area contributed by atoms with Gasteiger partial charge in [0, 0.05) is 25.7 Å². The first-order chi connectivity index (χ1) is 24.7. The predicted molar refractivity (Wildman–Crippen MR) is 187 cm³/mol. The summed E-state index contributed by atoms with van der Waals surface area (Å²) < 4.78 is 47.9. The molecular formula is C40H46O10. The summed E-state index contributed by atoms with van der Waals surface area (Å²) in [5, 5.41) is 20.0. The largest absolute Gasteiger partial charge is 0.491 e. The van der Waals surface area contributed by atoms with Gasteiger partial charge in [-0.2, -0.15) is 0 Å². The molecule has 10 heteroatoms. The van der Waals surface area contributed by atoms with Gasteiger partial charge in [-0.1, -0.05) is 72.8 Å². The quantitative estimate of drug-likeness (QED) is 0.254. The Hall–Kier alpha value is -4.16. The molecule has 0 fully saturated rings. The minimum absolute atomic E-state index is 0.338. The molecule has 0 aromatic heterocycles. The van der Waals surface area contributed by atoms with Gasteiger partial charge < -0.3 is 48.1 Å². The standard InChI is InChI=1S/C40H46O10/c41-27-49-39-33-9-3-11-35(39)25-31-7-2-8-32-26-36-12-4-10-34(40(36)50-28-42)24-30-6-1-5-29(23-33)37(30)47-21-19-45-17-15-43-13-14-44-16-18-46-20-22-48-38(31)32/h1-12,41-42H,13-28H2. The molecule has 6 rings (SSSR count). The van der Waals surface area contributed by atoms with Crippen LogP contribution in [0.25, 0.3) is 0 Å². The predicted octanol–water partition coefficient (Wildman–Crippen LogP) is 4.86. The van der Waals surface area contributed by atoms with Gasteiger partial charge in [0.2, 0.25) is 0 Å². The van der Waals surface area contributed by atoms with Crippen LogP contribution in [0.15, 0.2) is 72.8 Å². The highest BCUT2D eigenvalue weighted by Gasteiger charge is 2.21. The number of para-hydroxylation sites is 4. The zero-order valence-electron chi connectivity index (χ0n) is 28.4. The SMILES string of the molecule is OCOc1c2cccc1Cc1cccc3c1OCCOCCOCCOCCOCCOc1c(cccc1Cc1cccc(c1OCO)C3)C2. The van der Waals surface area contributed by atoms with E-state index >= 15 is 0 Å². The molecule has 1 aliphatic carbocycles. The minimum atomic E-state index is -0.457. The lowest BCUT2D eigenvalue weighted by atomic mass is 9.91. The zero-order valence-corrected chi connectivity index (χ0v) is 28.4. The average molecular weight is 687 g/mol. The van der Waals surface area contributed by atoms with Crippen LogP contribution in [-0.4, -0.2) is 89.9 Å². The van der Waals surface area contributed by atoms with Crippen LogP contribution in [-0.2, 0) is 44.6 Å². The van der Waals surface area contributed by atoms with E-state index in [-0.39, 0.29) is 0 Å². The number of rotatable bonds is 4. The van der Waals surface area contributed by atoms with Crippen molar-refractivity contribution in [2.45, 2.75) is 25.7 Å². The fraction of sp³-hybridized carbons (Fsp3) is 0.400. The Morgan fingerprint density at radius 2 is 0.640 bits per heavy atom. The van der Waals surface area contributed by atoms with Crippen molar-refractivity contribution in [2.24, 2.45) is 0 Å². The number of aliphatic hydroxyl groups excluding tert-OH is 2. The number of aliphatic hydroxyl groups is 2. The number of benzene rings is 4. The van der Waals surface area contributed by atoms with Crippen molar-refractivity contribution in [3.63, 3.8) is 0 Å². The van der Waals surface area contributed by atoms with Gasteiger partial charge in [-0.05, 0) is 44.5 Å². The maximum Gasteiger partial charge on any atom is 0.186 e. The topological polar surface area (TPSA) is 114 Å². The Balaban J connectivity index is 1.48. The van der Waals surface area contributed by atoms with Crippen LogP contribution >= 0.6 is 0 Å². The van der Waals surface area contributed by atoms with Crippen LogP contribution in [0.2, 0.25) is 0 Å². The summed E-state index contributed by atoms with van der Waals surface area (Å²) in [4.78, 5) is 0. The molecule has 2 N–H and O–H groups in total. The van der Waals surface area contributed by atoms with Gasteiger partial charge in [-0.15, -0.1) is 0 Å². The zero-order chi connectivity index (χ0) is 34.4. The Morgan fingerprint density at radius 1 is 0.380 bits per heavy atom. The molecule has 0 radical (unpaired) electrons. The summed E-state index contributed by atoms with van der Waals surface area (Å²) in [7, 11) is 0. The van der Waals surface area contributed by atoms with Gasteiger partial charge in [0.05, 0.1) is 52.9 Å². The van der Waals surface area contributed by atoms with Crippen molar-refractivity contribution in [1.29, 1.82) is 0 Å². The van der Waals surface area contributed by atoms with E-state index in [0.717, 1.165) is 56.0 Å². The average Bonchev–Trinajstić information content (AvgIpc) is 3.12. The first kappa shape index (κ1) is 35.7. The second kappa shape index (κ2) is 18.7. The number of ether oxygens (including phenoxy) is 8. The van der Waals surface area contributed by atoms with Crippen LogP contribution in [0.5, 0.6) is 23.0 Å². The molecule has 1 heterocycles. The van der Waals surface area contributed by atoms with Crippen LogP contribution < -0.4 is 18.9 Å². The third-order valence-corrected chi connectivity index (χ3v) is 8.72. The molecule has 266 valence electrons. The third kappa shape index (κ3) is 9.33. The van der Waals surface area contributed by atoms with Gasteiger partial charge in [0.25, 0.3) is 0 Å². The maximum atomic E-state index is 10.0. The van der Waals surface area contributed by atoms with Gasteiger partial charge in [0.1, 0.15) is 36.2 Å². The van der Waals surface area contributed by atoms with Gasteiger partial charge in [-0.25, -0.2) is 0 Å². The summed E-state index contributed by atoms with van der Waals surface area (Å²) >= 11 is 0. The molecule has 0 saturated carbocycles. The molecule has 0 unspecified atom stereocenters. The van der Waals surface area contributed by atoms with E-state index in [2.05, 4.69) is 24.3 Å². The van der Waals surface area contributed by atoms with E-state index in [1.54, 1.807) is 0 Å². The summed E-state index contributed by atoms with van der Waals surface area (Å²) in [5.41, 5.74) is 7.56. The van der Waals surface area contributed by atoms with E-state index < -0.39 is 13.6 Å². The summed E-state index contributed by atoms with van der Waals surface area (Å²) in [6.07, 6.45) is 2.02. The van der Waals surface area contributed by atoms with Crippen molar-refractivity contribution in [1.82, 2.24) is 0 Å². The smallest absolute Gasteiger partial charge is 0.186 e. The number of hydrogen-bond acceptors (Lipinski definition) is 10. The Labute approximate surface area is 293 Å². The highest BCUT2D eigenvalue weighted by Crippen LogP contribution is 2.38. The molecular weight excluding hydrogens is 640 g/mol. The van der Waals surface area contributed by atoms with E-state index in [4.69, 9.17) is 37.9 Å². The highest BCUT2D eigenvalue weighted by atomic mass is 16.6. The Kier molecular flexibility index (Phi) is 13.4. The van der Waals surface area contributed by atoms with Crippen molar-refractivity contribution in [2.75, 3.05) is 79.7 Å². The second-order valence-electron chi connectivity index (χ2n) is 12.0. The van der Waals surface area contributed by atoms with Crippen molar-refractivity contribution in [3.8, 4) is 23.0 Å². The molecule has 4 aromatic carbocycles. The van der Waals surface area contributed by atoms with Gasteiger partial charge in [0.15, 0.2) is 13.6 Å². The summed E-state index contributed by atoms with van der Waals surface area (Å²) in [5.74, 6) is 2.78.